The van der Waals surface area contributed by atoms with Gasteiger partial charge in [0.25, 0.3) is 0 Å². The van der Waals surface area contributed by atoms with Crippen molar-refractivity contribution in [1.29, 1.82) is 0 Å². The number of nitrogens with zero attached hydrogens (tertiary/aromatic N) is 1. The molecule has 3 aromatic rings. The summed E-state index contributed by atoms with van der Waals surface area (Å²) in [6.07, 6.45) is -0.434. The largest absolute Gasteiger partial charge is 0.389 e. The fourth-order valence-electron chi connectivity index (χ4n) is 2.81. The van der Waals surface area contributed by atoms with Crippen LogP contribution in [0.15, 0.2) is 84.9 Å². The minimum atomic E-state index is -0.434. The van der Waals surface area contributed by atoms with Gasteiger partial charge in [0.15, 0.2) is 0 Å². The molecule has 0 heterocycles. The molecular formula is C22H23NO. The summed E-state index contributed by atoms with van der Waals surface area (Å²) in [6, 6.07) is 29.2. The van der Waals surface area contributed by atoms with Crippen molar-refractivity contribution in [2.45, 2.75) is 26.1 Å². The maximum Gasteiger partial charge on any atom is 0.0761 e. The van der Waals surface area contributed by atoms with Crippen LogP contribution in [0.25, 0.3) is 0 Å². The summed E-state index contributed by atoms with van der Waals surface area (Å²) >= 11 is 0. The van der Waals surface area contributed by atoms with Crippen LogP contribution in [0.1, 0.15) is 29.7 Å². The molecule has 1 unspecified atom stereocenters. The Balaban J connectivity index is 1.86. The number of aliphatic hydroxyl groups is 1. The van der Waals surface area contributed by atoms with Gasteiger partial charge in [-0.05, 0) is 35.7 Å². The van der Waals surface area contributed by atoms with Crippen LogP contribution in [0, 0.1) is 0 Å². The molecule has 1 N–H and O–H groups in total. The Morgan fingerprint density at radius 1 is 0.708 bits per heavy atom. The summed E-state index contributed by atoms with van der Waals surface area (Å²) in [5, 5.41) is 9.71. The highest BCUT2D eigenvalue weighted by atomic mass is 16.3. The van der Waals surface area contributed by atoms with Gasteiger partial charge in [0, 0.05) is 18.8 Å². The van der Waals surface area contributed by atoms with Crippen molar-refractivity contribution in [2.24, 2.45) is 0 Å². The molecular weight excluding hydrogens is 294 g/mol. The van der Waals surface area contributed by atoms with Gasteiger partial charge in [-0.1, -0.05) is 72.8 Å². The summed E-state index contributed by atoms with van der Waals surface area (Å²) in [5.41, 5.74) is 4.67. The van der Waals surface area contributed by atoms with Gasteiger partial charge in [-0.2, -0.15) is 0 Å². The maximum absolute atomic E-state index is 9.71. The third kappa shape index (κ3) is 4.24. The van der Waals surface area contributed by atoms with E-state index in [-0.39, 0.29) is 0 Å². The zero-order chi connectivity index (χ0) is 16.8. The van der Waals surface area contributed by atoms with Crippen LogP contribution < -0.4 is 4.90 Å². The lowest BCUT2D eigenvalue weighted by Gasteiger charge is -2.25. The molecule has 2 nitrogen and oxygen atoms in total. The fourth-order valence-corrected chi connectivity index (χ4v) is 2.81. The van der Waals surface area contributed by atoms with Gasteiger partial charge in [0.1, 0.15) is 0 Å². The molecule has 0 aliphatic rings. The van der Waals surface area contributed by atoms with Gasteiger partial charge >= 0.3 is 0 Å². The highest BCUT2D eigenvalue weighted by molar-refractivity contribution is 5.49. The second kappa shape index (κ2) is 7.80. The molecule has 0 bridgehead atoms. The molecule has 122 valence electrons. The fraction of sp³-hybridized carbons (Fsp3) is 0.182. The molecule has 0 aliphatic heterocycles. The lowest BCUT2D eigenvalue weighted by Crippen LogP contribution is -2.22. The second-order valence-corrected chi connectivity index (χ2v) is 6.09. The highest BCUT2D eigenvalue weighted by Gasteiger charge is 2.09. The quantitative estimate of drug-likeness (QED) is 0.695. The molecule has 0 aliphatic carbocycles. The van der Waals surface area contributed by atoms with Gasteiger partial charge < -0.3 is 10.0 Å². The zero-order valence-electron chi connectivity index (χ0n) is 14.0. The van der Waals surface area contributed by atoms with Crippen molar-refractivity contribution in [3.05, 3.63) is 102 Å². The predicted octanol–water partition coefficient (Wildman–Crippen LogP) is 4.95. The second-order valence-electron chi connectivity index (χ2n) is 6.09. The van der Waals surface area contributed by atoms with E-state index in [1.54, 1.807) is 6.92 Å². The van der Waals surface area contributed by atoms with E-state index in [1.807, 2.05) is 24.3 Å². The summed E-state index contributed by atoms with van der Waals surface area (Å²) in [4.78, 5) is 2.36. The van der Waals surface area contributed by atoms with Crippen LogP contribution in [0.3, 0.4) is 0 Å². The lowest BCUT2D eigenvalue weighted by molar-refractivity contribution is 0.199. The van der Waals surface area contributed by atoms with Crippen LogP contribution in [0.2, 0.25) is 0 Å². The van der Waals surface area contributed by atoms with Crippen molar-refractivity contribution in [3.63, 3.8) is 0 Å². The molecule has 0 fully saturated rings. The van der Waals surface area contributed by atoms with Crippen molar-refractivity contribution in [2.75, 3.05) is 4.90 Å². The Morgan fingerprint density at radius 2 is 1.17 bits per heavy atom. The molecule has 3 aromatic carbocycles. The molecule has 1 atom stereocenters. The lowest BCUT2D eigenvalue weighted by atomic mass is 10.1. The smallest absolute Gasteiger partial charge is 0.0761 e. The Morgan fingerprint density at radius 3 is 1.58 bits per heavy atom. The standard InChI is InChI=1S/C22H23NO/c1-18(24)21-12-14-22(15-13-21)23(16-19-8-4-2-5-9-19)17-20-10-6-3-7-11-20/h2-15,18,24H,16-17H2,1H3. The van der Waals surface area contributed by atoms with Crippen LogP contribution in [-0.2, 0) is 13.1 Å². The molecule has 2 heteroatoms. The van der Waals surface area contributed by atoms with Crippen LogP contribution in [-0.4, -0.2) is 5.11 Å². The van der Waals surface area contributed by atoms with E-state index in [1.165, 1.54) is 11.1 Å². The van der Waals surface area contributed by atoms with E-state index in [0.29, 0.717) is 0 Å². The third-order valence-electron chi connectivity index (χ3n) is 4.17. The maximum atomic E-state index is 9.71. The van der Waals surface area contributed by atoms with Crippen LogP contribution >= 0.6 is 0 Å². The normalized spacial score (nSPS) is 11.9. The van der Waals surface area contributed by atoms with E-state index >= 15 is 0 Å². The van der Waals surface area contributed by atoms with E-state index in [0.717, 1.165) is 24.3 Å². The van der Waals surface area contributed by atoms with Crippen molar-refractivity contribution >= 4 is 5.69 Å². The van der Waals surface area contributed by atoms with Crippen molar-refractivity contribution in [1.82, 2.24) is 0 Å². The van der Waals surface area contributed by atoms with Crippen molar-refractivity contribution < 1.29 is 5.11 Å². The average molecular weight is 317 g/mol. The number of benzene rings is 3. The van der Waals surface area contributed by atoms with E-state index in [9.17, 15) is 5.11 Å². The van der Waals surface area contributed by atoms with Crippen molar-refractivity contribution in [3.8, 4) is 0 Å². The monoisotopic (exact) mass is 317 g/mol. The van der Waals surface area contributed by atoms with Gasteiger partial charge in [0.05, 0.1) is 6.10 Å². The first kappa shape index (κ1) is 16.3. The summed E-state index contributed by atoms with van der Waals surface area (Å²) < 4.78 is 0. The number of hydrogen-bond donors (Lipinski definition) is 1. The number of hydrogen-bond acceptors (Lipinski definition) is 2. The Kier molecular flexibility index (Phi) is 5.29. The van der Waals surface area contributed by atoms with Gasteiger partial charge in [-0.25, -0.2) is 0 Å². The Bertz CT molecular complexity index is 694. The van der Waals surface area contributed by atoms with Crippen LogP contribution in [0.5, 0.6) is 0 Å². The molecule has 24 heavy (non-hydrogen) atoms. The summed E-state index contributed by atoms with van der Waals surface area (Å²) in [6.45, 7) is 3.49. The van der Waals surface area contributed by atoms with Gasteiger partial charge in [-0.15, -0.1) is 0 Å². The molecule has 0 spiro atoms. The topological polar surface area (TPSA) is 23.5 Å². The summed E-state index contributed by atoms with van der Waals surface area (Å²) in [5.74, 6) is 0. The number of aliphatic hydroxyl groups excluding tert-OH is 1. The first-order valence-corrected chi connectivity index (χ1v) is 8.33. The minimum absolute atomic E-state index is 0.434. The number of anilines is 1. The molecule has 0 aromatic heterocycles. The predicted molar refractivity (Wildman–Crippen MR) is 99.8 cm³/mol. The highest BCUT2D eigenvalue weighted by Crippen LogP contribution is 2.23. The third-order valence-corrected chi connectivity index (χ3v) is 4.17. The SMILES string of the molecule is CC(O)c1ccc(N(Cc2ccccc2)Cc2ccccc2)cc1. The molecule has 0 saturated heterocycles. The average Bonchev–Trinajstić information content (AvgIpc) is 2.63. The minimum Gasteiger partial charge on any atom is -0.389 e. The van der Waals surface area contributed by atoms with Crippen LogP contribution in [0.4, 0.5) is 5.69 Å². The Labute approximate surface area is 144 Å². The van der Waals surface area contributed by atoms with Gasteiger partial charge in [-0.3, -0.25) is 0 Å². The molecule has 0 amide bonds. The number of rotatable bonds is 6. The van der Waals surface area contributed by atoms with E-state index in [4.69, 9.17) is 0 Å². The Hall–Kier alpha value is -2.58. The molecule has 0 saturated carbocycles. The first-order valence-electron chi connectivity index (χ1n) is 8.33. The zero-order valence-corrected chi connectivity index (χ0v) is 14.0. The molecule has 0 radical (unpaired) electrons. The molecule has 3 rings (SSSR count). The van der Waals surface area contributed by atoms with Gasteiger partial charge in [0.2, 0.25) is 0 Å². The first-order chi connectivity index (χ1) is 11.7. The van der Waals surface area contributed by atoms with E-state index in [2.05, 4.69) is 65.6 Å². The summed E-state index contributed by atoms with van der Waals surface area (Å²) in [7, 11) is 0. The van der Waals surface area contributed by atoms with E-state index < -0.39 is 6.10 Å².